The number of benzene rings is 4. The molecule has 0 aliphatic carbocycles. The van der Waals surface area contributed by atoms with Gasteiger partial charge in [-0.25, -0.2) is 9.41 Å². The first-order chi connectivity index (χ1) is 24.4. The molecule has 7 rings (SSSR count). The first-order valence-corrected chi connectivity index (χ1v) is 17.7. The van der Waals surface area contributed by atoms with Gasteiger partial charge in [0, 0.05) is 46.5 Å². The number of fused-ring (bicyclic) bond motifs is 7. The summed E-state index contributed by atoms with van der Waals surface area (Å²) in [6.07, 6.45) is 5.79. The highest BCUT2D eigenvalue weighted by Crippen LogP contribution is 2.37. The van der Waals surface area contributed by atoms with E-state index in [-0.39, 0.29) is 0 Å². The van der Waals surface area contributed by atoms with Crippen LogP contribution in [0.3, 0.4) is 0 Å². The van der Waals surface area contributed by atoms with Gasteiger partial charge in [-0.05, 0) is 90.9 Å². The minimum Gasteiger partial charge on any atom is -0.238 e. The van der Waals surface area contributed by atoms with E-state index in [1.165, 1.54) is 55.9 Å². The number of hydrogen-bond donors (Lipinski definition) is 0. The smallest absolute Gasteiger partial charge is 0.238 e. The molecule has 0 N–H and O–H groups in total. The molecule has 3 heterocycles. The summed E-state index contributed by atoms with van der Waals surface area (Å²) in [5.41, 5.74) is 16.7. The van der Waals surface area contributed by atoms with Gasteiger partial charge in [0.05, 0.1) is 5.56 Å². The summed E-state index contributed by atoms with van der Waals surface area (Å²) in [6.45, 7) is 9.47. The first-order valence-electron chi connectivity index (χ1n) is 17.7. The Labute approximate surface area is 296 Å². The average molecular weight is 657 g/mol. The van der Waals surface area contributed by atoms with Gasteiger partial charge in [-0.15, -0.1) is 0 Å². The molecule has 0 atom stereocenters. The molecule has 4 aromatic carbocycles. The molecule has 4 heteroatoms. The van der Waals surface area contributed by atoms with E-state index in [1.54, 1.807) is 0 Å². The van der Waals surface area contributed by atoms with Crippen molar-refractivity contribution < 1.29 is 18.7 Å². The highest BCUT2D eigenvalue weighted by Gasteiger charge is 2.32. The van der Waals surface area contributed by atoms with Crippen LogP contribution in [0.25, 0.3) is 50.5 Å². The Bertz CT molecular complexity index is 2260. The van der Waals surface area contributed by atoms with Crippen molar-refractivity contribution in [2.24, 2.45) is 0 Å². The Morgan fingerprint density at radius 2 is 1.38 bits per heavy atom. The van der Waals surface area contributed by atoms with Crippen molar-refractivity contribution in [2.45, 2.75) is 47.1 Å². The molecule has 0 amide bonds. The predicted molar refractivity (Wildman–Crippen MR) is 205 cm³/mol. The fourth-order valence-corrected chi connectivity index (χ4v) is 7.38. The van der Waals surface area contributed by atoms with E-state index in [1.807, 2.05) is 17.0 Å². The van der Waals surface area contributed by atoms with Gasteiger partial charge < -0.3 is 0 Å². The van der Waals surface area contributed by atoms with Gasteiger partial charge in [0.25, 0.3) is 17.1 Å². The van der Waals surface area contributed by atoms with Crippen LogP contribution in [0.15, 0.2) is 134 Å². The quantitative estimate of drug-likeness (QED) is 0.134. The molecule has 2 aromatic heterocycles. The molecule has 50 heavy (non-hydrogen) atoms. The lowest BCUT2D eigenvalue weighted by atomic mass is 9.85. The third-order valence-electron chi connectivity index (χ3n) is 9.88. The van der Waals surface area contributed by atoms with Gasteiger partial charge in [-0.3, -0.25) is 0 Å². The van der Waals surface area contributed by atoms with Gasteiger partial charge in [0.15, 0.2) is 5.71 Å². The third kappa shape index (κ3) is 6.18. The lowest BCUT2D eigenvalue weighted by molar-refractivity contribution is -0.863. The molecular weight excluding hydrogens is 611 g/mol. The van der Waals surface area contributed by atoms with Crippen LogP contribution in [0, 0.1) is 6.92 Å². The monoisotopic (exact) mass is 656 g/mol. The number of aryl methyl sites for hydroxylation is 1. The van der Waals surface area contributed by atoms with Crippen LogP contribution in [0.1, 0.15) is 55.1 Å². The van der Waals surface area contributed by atoms with Crippen molar-refractivity contribution in [3.05, 3.63) is 162 Å². The summed E-state index contributed by atoms with van der Waals surface area (Å²) < 4.78 is 6.64. The number of rotatable bonds is 5. The Balaban J connectivity index is 1.61. The van der Waals surface area contributed by atoms with E-state index < -0.39 is 0 Å². The third-order valence-corrected chi connectivity index (χ3v) is 9.88. The number of allylic oxidation sites excluding steroid dienone is 1. The van der Waals surface area contributed by atoms with Crippen LogP contribution in [-0.2, 0) is 13.0 Å². The molecule has 248 valence electrons. The van der Waals surface area contributed by atoms with E-state index in [4.69, 9.17) is 4.84 Å². The topological polar surface area (TPSA) is 20.0 Å². The maximum atomic E-state index is 7.01. The zero-order valence-electron chi connectivity index (χ0n) is 30.1. The van der Waals surface area contributed by atoms with Crippen molar-refractivity contribution in [1.29, 1.82) is 0 Å². The molecule has 0 saturated heterocycles. The van der Waals surface area contributed by atoms with Gasteiger partial charge >= 0.3 is 0 Å². The molecule has 0 radical (unpaired) electrons. The molecule has 0 saturated carbocycles. The molecule has 0 unspecified atom stereocenters. The maximum absolute atomic E-state index is 7.01. The first kappa shape index (κ1) is 32.9. The molecule has 1 aliphatic heterocycles. The largest absolute Gasteiger partial charge is 0.270 e. The molecule has 2 bridgehead atoms. The zero-order valence-corrected chi connectivity index (χ0v) is 30.1. The summed E-state index contributed by atoms with van der Waals surface area (Å²) in [5, 5.41) is 0. The normalized spacial score (nSPS) is 12.9. The summed E-state index contributed by atoms with van der Waals surface area (Å²) >= 11 is 0. The number of aromatic nitrogens is 2. The average Bonchev–Trinajstić information content (AvgIpc) is 3.14. The molecule has 1 aliphatic rings. The lowest BCUT2D eigenvalue weighted by Gasteiger charge is -2.20. The maximum Gasteiger partial charge on any atom is 0.270 e. The lowest BCUT2D eigenvalue weighted by Crippen LogP contribution is -2.47. The Morgan fingerprint density at radius 3 is 2.10 bits per heavy atom. The van der Waals surface area contributed by atoms with Crippen molar-refractivity contribution in [1.82, 2.24) is 0 Å². The van der Waals surface area contributed by atoms with Crippen LogP contribution >= 0.6 is 0 Å². The van der Waals surface area contributed by atoms with Crippen LogP contribution in [-0.4, -0.2) is 24.4 Å². The Morgan fingerprint density at radius 1 is 0.700 bits per heavy atom. The standard InChI is InChI=1S/C46H46N3O/c1-7-42(47(5)6)40-28-36(33-17-11-10-12-18-33)29-41-39(40)27-35-19-13-14-20-38(35)44-30-37(34-24-22-32(4)23-25-34)31-45(48(44)9-3)46(8-2)50-49-26-16-15-21-43(41)49/h8,10-26,28-31H,7,9,27H2,1-6H3/q+3. The van der Waals surface area contributed by atoms with Crippen LogP contribution in [0.4, 0.5) is 0 Å². The van der Waals surface area contributed by atoms with E-state index >= 15 is 0 Å². The Kier molecular flexibility index (Phi) is 9.27. The van der Waals surface area contributed by atoms with Crippen molar-refractivity contribution in [2.75, 3.05) is 14.1 Å². The van der Waals surface area contributed by atoms with Gasteiger partial charge in [0.1, 0.15) is 20.6 Å². The van der Waals surface area contributed by atoms with Crippen LogP contribution < -0.4 is 14.1 Å². The summed E-state index contributed by atoms with van der Waals surface area (Å²) in [7, 11) is 4.33. The minimum absolute atomic E-state index is 0.756. The van der Waals surface area contributed by atoms with Crippen molar-refractivity contribution in [3.63, 3.8) is 0 Å². The van der Waals surface area contributed by atoms with Crippen molar-refractivity contribution in [3.8, 4) is 44.8 Å². The highest BCUT2D eigenvalue weighted by molar-refractivity contribution is 6.01. The fraction of sp³-hybridized carbons (Fsp3) is 0.196. The summed E-state index contributed by atoms with van der Waals surface area (Å²) in [4.78, 5) is 7.01. The number of pyridine rings is 2. The Hall–Kier alpha value is -5.61. The summed E-state index contributed by atoms with van der Waals surface area (Å²) in [5.74, 6) is 0.799. The van der Waals surface area contributed by atoms with Crippen LogP contribution in [0.5, 0.6) is 0 Å². The minimum atomic E-state index is 0.756. The molecule has 0 fully saturated rings. The number of nitrogens with zero attached hydrogens (tertiary/aromatic N) is 3. The second-order valence-electron chi connectivity index (χ2n) is 13.2. The predicted octanol–water partition coefficient (Wildman–Crippen LogP) is 9.12. The molecular formula is C46H46N3O+3. The van der Waals surface area contributed by atoms with Crippen LogP contribution in [0.2, 0.25) is 0 Å². The highest BCUT2D eigenvalue weighted by atomic mass is 16.7. The van der Waals surface area contributed by atoms with Crippen molar-refractivity contribution >= 4 is 11.5 Å². The fourth-order valence-electron chi connectivity index (χ4n) is 7.38. The van der Waals surface area contributed by atoms with E-state index in [0.29, 0.717) is 0 Å². The second kappa shape index (κ2) is 14.1. The molecule has 0 spiro atoms. The van der Waals surface area contributed by atoms with E-state index in [9.17, 15) is 0 Å². The second-order valence-corrected chi connectivity index (χ2v) is 13.2. The zero-order chi connectivity index (χ0) is 34.8. The van der Waals surface area contributed by atoms with E-state index in [2.05, 4.69) is 172 Å². The number of hydrogen-bond acceptors (Lipinski definition) is 1. The van der Waals surface area contributed by atoms with Gasteiger partial charge in [0.2, 0.25) is 11.9 Å². The SMILES string of the molecule is CC=C1O[n+]2ccccc2-c2cc(-c3ccccc3)cc(C(CC)=[N+](C)C)c2Cc2ccccc2-c2cc(-c3ccc(C)cc3)cc1[n+]2CC. The van der Waals surface area contributed by atoms with E-state index in [0.717, 1.165) is 47.7 Å². The van der Waals surface area contributed by atoms with Gasteiger partial charge in [-0.1, -0.05) is 85.3 Å². The molecule has 6 aromatic rings. The molecule has 4 nitrogen and oxygen atoms in total. The summed E-state index contributed by atoms with van der Waals surface area (Å²) in [6, 6.07) is 44.2. The van der Waals surface area contributed by atoms with Gasteiger partial charge in [-0.2, -0.15) is 4.57 Å².